The van der Waals surface area contributed by atoms with E-state index in [-0.39, 0.29) is 5.56 Å². The van der Waals surface area contributed by atoms with Crippen molar-refractivity contribution in [2.75, 3.05) is 40.5 Å². The maximum Gasteiger partial charge on any atom is 0.335 e. The number of methoxy groups -OCH3 is 2. The average Bonchev–Trinajstić information content (AvgIpc) is 2.46. The standard InChI is InChI=1S/C15H22BrNO4/c1-20-8-3-6-17(7-9-21-2)11-13-5-4-12(15(18)19)10-14(13)16/h4-5,10H,3,6-9,11H2,1-2H3,(H,18,19). The van der Waals surface area contributed by atoms with Crippen molar-refractivity contribution < 1.29 is 19.4 Å². The maximum absolute atomic E-state index is 10.9. The highest BCUT2D eigenvalue weighted by molar-refractivity contribution is 9.10. The van der Waals surface area contributed by atoms with Gasteiger partial charge in [0.15, 0.2) is 0 Å². The van der Waals surface area contributed by atoms with Crippen LogP contribution in [0.2, 0.25) is 0 Å². The van der Waals surface area contributed by atoms with Crippen LogP contribution in [0.1, 0.15) is 22.3 Å². The minimum atomic E-state index is -0.918. The van der Waals surface area contributed by atoms with E-state index in [2.05, 4.69) is 20.8 Å². The van der Waals surface area contributed by atoms with Crippen molar-refractivity contribution in [2.24, 2.45) is 0 Å². The molecule has 0 amide bonds. The third-order valence-corrected chi connectivity index (χ3v) is 3.87. The van der Waals surface area contributed by atoms with Gasteiger partial charge in [-0.05, 0) is 24.1 Å². The van der Waals surface area contributed by atoms with Crippen molar-refractivity contribution in [1.82, 2.24) is 4.90 Å². The van der Waals surface area contributed by atoms with Gasteiger partial charge in [-0.15, -0.1) is 0 Å². The Kier molecular flexibility index (Phi) is 8.52. The van der Waals surface area contributed by atoms with Crippen molar-refractivity contribution in [1.29, 1.82) is 0 Å². The highest BCUT2D eigenvalue weighted by Crippen LogP contribution is 2.20. The van der Waals surface area contributed by atoms with Crippen LogP contribution in [0, 0.1) is 0 Å². The Morgan fingerprint density at radius 1 is 1.24 bits per heavy atom. The summed E-state index contributed by atoms with van der Waals surface area (Å²) in [6.45, 7) is 3.87. The Bertz CT molecular complexity index is 453. The zero-order chi connectivity index (χ0) is 15.7. The summed E-state index contributed by atoms with van der Waals surface area (Å²) < 4.78 is 11.0. The maximum atomic E-state index is 10.9. The van der Waals surface area contributed by atoms with Gasteiger partial charge in [0.1, 0.15) is 0 Å². The molecule has 0 atom stereocenters. The number of hydrogen-bond acceptors (Lipinski definition) is 4. The fourth-order valence-electron chi connectivity index (χ4n) is 1.97. The van der Waals surface area contributed by atoms with Crippen LogP contribution in [0.25, 0.3) is 0 Å². The molecule has 1 N–H and O–H groups in total. The van der Waals surface area contributed by atoms with E-state index in [0.29, 0.717) is 6.61 Å². The van der Waals surface area contributed by atoms with Crippen LogP contribution in [-0.4, -0.2) is 56.5 Å². The summed E-state index contributed by atoms with van der Waals surface area (Å²) in [6, 6.07) is 5.12. The molecule has 1 aromatic rings. The molecule has 118 valence electrons. The molecule has 1 aromatic carbocycles. The van der Waals surface area contributed by atoms with Crippen LogP contribution in [0.15, 0.2) is 22.7 Å². The van der Waals surface area contributed by atoms with Gasteiger partial charge in [-0.25, -0.2) is 4.79 Å². The monoisotopic (exact) mass is 359 g/mol. The van der Waals surface area contributed by atoms with E-state index < -0.39 is 5.97 Å². The Morgan fingerprint density at radius 3 is 2.52 bits per heavy atom. The molecule has 0 saturated heterocycles. The second-order valence-electron chi connectivity index (χ2n) is 4.73. The molecule has 0 bridgehead atoms. The predicted molar refractivity (Wildman–Crippen MR) is 84.7 cm³/mol. The largest absolute Gasteiger partial charge is 0.478 e. The predicted octanol–water partition coefficient (Wildman–Crippen LogP) is 2.63. The lowest BCUT2D eigenvalue weighted by Crippen LogP contribution is -2.29. The van der Waals surface area contributed by atoms with Crippen LogP contribution >= 0.6 is 15.9 Å². The van der Waals surface area contributed by atoms with Crippen LogP contribution in [0.5, 0.6) is 0 Å². The summed E-state index contributed by atoms with van der Waals surface area (Å²) in [5, 5.41) is 8.98. The smallest absolute Gasteiger partial charge is 0.335 e. The first-order valence-electron chi connectivity index (χ1n) is 6.80. The van der Waals surface area contributed by atoms with Crippen LogP contribution in [-0.2, 0) is 16.0 Å². The lowest BCUT2D eigenvalue weighted by Gasteiger charge is -2.22. The summed E-state index contributed by atoms with van der Waals surface area (Å²) in [5.41, 5.74) is 1.35. The van der Waals surface area contributed by atoms with Crippen LogP contribution in [0.4, 0.5) is 0 Å². The topological polar surface area (TPSA) is 59.0 Å². The van der Waals surface area contributed by atoms with Gasteiger partial charge in [-0.2, -0.15) is 0 Å². The second-order valence-corrected chi connectivity index (χ2v) is 5.58. The number of ether oxygens (including phenoxy) is 2. The van der Waals surface area contributed by atoms with E-state index >= 15 is 0 Å². The number of nitrogens with zero attached hydrogens (tertiary/aromatic N) is 1. The van der Waals surface area contributed by atoms with Gasteiger partial charge in [-0.1, -0.05) is 22.0 Å². The fraction of sp³-hybridized carbons (Fsp3) is 0.533. The summed E-state index contributed by atoms with van der Waals surface area (Å²) in [7, 11) is 3.38. The molecule has 0 spiro atoms. The Hall–Kier alpha value is -0.950. The van der Waals surface area contributed by atoms with E-state index in [4.69, 9.17) is 14.6 Å². The first kappa shape index (κ1) is 18.1. The van der Waals surface area contributed by atoms with E-state index in [1.165, 1.54) is 0 Å². The number of carbonyl (C=O) groups is 1. The normalized spacial score (nSPS) is 11.0. The summed E-state index contributed by atoms with van der Waals surface area (Å²) >= 11 is 3.45. The SMILES string of the molecule is COCCCN(CCOC)Cc1ccc(C(=O)O)cc1Br. The van der Waals surface area contributed by atoms with Crippen molar-refractivity contribution in [3.63, 3.8) is 0 Å². The molecule has 0 aliphatic rings. The van der Waals surface area contributed by atoms with Crippen molar-refractivity contribution >= 4 is 21.9 Å². The van der Waals surface area contributed by atoms with Gasteiger partial charge in [0, 0.05) is 44.9 Å². The molecule has 0 saturated carbocycles. The van der Waals surface area contributed by atoms with Gasteiger partial charge < -0.3 is 14.6 Å². The molecule has 6 heteroatoms. The molecule has 0 unspecified atom stereocenters. The molecule has 0 aliphatic carbocycles. The van der Waals surface area contributed by atoms with Crippen molar-refractivity contribution in [3.05, 3.63) is 33.8 Å². The van der Waals surface area contributed by atoms with Crippen LogP contribution < -0.4 is 0 Å². The minimum absolute atomic E-state index is 0.286. The molecule has 0 heterocycles. The number of halogens is 1. The summed E-state index contributed by atoms with van der Waals surface area (Å²) in [5.74, 6) is -0.918. The number of carboxylic acid groups (broad SMARTS) is 1. The highest BCUT2D eigenvalue weighted by Gasteiger charge is 2.11. The lowest BCUT2D eigenvalue weighted by atomic mass is 10.1. The van der Waals surface area contributed by atoms with E-state index in [1.54, 1.807) is 26.4 Å². The van der Waals surface area contributed by atoms with Crippen LogP contribution in [0.3, 0.4) is 0 Å². The van der Waals surface area contributed by atoms with Gasteiger partial charge in [0.2, 0.25) is 0 Å². The number of carboxylic acids is 1. The van der Waals surface area contributed by atoms with Crippen molar-refractivity contribution in [2.45, 2.75) is 13.0 Å². The third kappa shape index (κ3) is 6.56. The quantitative estimate of drug-likeness (QED) is 0.650. The molecule has 1 rings (SSSR count). The summed E-state index contributed by atoms with van der Waals surface area (Å²) in [4.78, 5) is 13.2. The Morgan fingerprint density at radius 2 is 1.95 bits per heavy atom. The molecule has 0 fully saturated rings. The zero-order valence-corrected chi connectivity index (χ0v) is 14.1. The van der Waals surface area contributed by atoms with Gasteiger partial charge in [-0.3, -0.25) is 4.90 Å². The van der Waals surface area contributed by atoms with E-state index in [9.17, 15) is 4.79 Å². The fourth-order valence-corrected chi connectivity index (χ4v) is 2.48. The van der Waals surface area contributed by atoms with Gasteiger partial charge in [0.25, 0.3) is 0 Å². The third-order valence-electron chi connectivity index (χ3n) is 3.13. The summed E-state index contributed by atoms with van der Waals surface area (Å²) in [6.07, 6.45) is 0.949. The lowest BCUT2D eigenvalue weighted by molar-refractivity contribution is 0.0696. The molecule has 5 nitrogen and oxygen atoms in total. The zero-order valence-electron chi connectivity index (χ0n) is 12.5. The minimum Gasteiger partial charge on any atom is -0.478 e. The molecular weight excluding hydrogens is 338 g/mol. The van der Waals surface area contributed by atoms with Gasteiger partial charge in [0.05, 0.1) is 12.2 Å². The number of hydrogen-bond donors (Lipinski definition) is 1. The number of rotatable bonds is 10. The highest BCUT2D eigenvalue weighted by atomic mass is 79.9. The molecule has 0 aliphatic heterocycles. The molecule has 0 radical (unpaired) electrons. The first-order chi connectivity index (χ1) is 10.1. The number of benzene rings is 1. The second kappa shape index (κ2) is 9.89. The average molecular weight is 360 g/mol. The molecular formula is C15H22BrNO4. The van der Waals surface area contributed by atoms with Crippen molar-refractivity contribution in [3.8, 4) is 0 Å². The Balaban J connectivity index is 2.69. The van der Waals surface area contributed by atoms with E-state index in [0.717, 1.165) is 42.7 Å². The molecule has 21 heavy (non-hydrogen) atoms. The Labute approximate surface area is 134 Å². The van der Waals surface area contributed by atoms with Gasteiger partial charge >= 0.3 is 5.97 Å². The van der Waals surface area contributed by atoms with E-state index in [1.807, 2.05) is 6.07 Å². The molecule has 0 aromatic heterocycles. The number of aromatic carboxylic acids is 1. The first-order valence-corrected chi connectivity index (χ1v) is 7.59.